The molecule has 4 nitrogen and oxygen atoms in total. The Balaban J connectivity index is 1.77. The zero-order valence-corrected chi connectivity index (χ0v) is 12.8. The van der Waals surface area contributed by atoms with Gasteiger partial charge >= 0.3 is 0 Å². The molecule has 2 N–H and O–H groups in total. The molecule has 3 rings (SSSR count). The maximum atomic E-state index is 12.3. The van der Waals surface area contributed by atoms with Crippen LogP contribution in [0.15, 0.2) is 18.2 Å². The molecule has 0 radical (unpaired) electrons. The van der Waals surface area contributed by atoms with Gasteiger partial charge in [-0.15, -0.1) is 0 Å². The number of para-hydroxylation sites is 1. The lowest BCUT2D eigenvalue weighted by molar-refractivity contribution is -0.136. The highest BCUT2D eigenvalue weighted by Gasteiger charge is 2.53. The van der Waals surface area contributed by atoms with E-state index in [1.165, 1.54) is 6.07 Å². The highest BCUT2D eigenvalue weighted by molar-refractivity contribution is 5.92. The maximum Gasteiger partial charge on any atom is 0.160 e. The van der Waals surface area contributed by atoms with Crippen molar-refractivity contribution in [3.05, 3.63) is 23.8 Å². The zero-order valence-electron chi connectivity index (χ0n) is 12.8. The summed E-state index contributed by atoms with van der Waals surface area (Å²) in [6.07, 6.45) is 3.72. The minimum Gasteiger partial charge on any atom is -0.504 e. The van der Waals surface area contributed by atoms with Crippen LogP contribution in [0.1, 0.15) is 44.6 Å². The van der Waals surface area contributed by atoms with Gasteiger partial charge in [0.25, 0.3) is 0 Å². The van der Waals surface area contributed by atoms with Crippen molar-refractivity contribution >= 4 is 11.6 Å². The van der Waals surface area contributed by atoms with Gasteiger partial charge in [-0.3, -0.25) is 9.59 Å². The van der Waals surface area contributed by atoms with E-state index in [1.807, 2.05) is 6.92 Å². The summed E-state index contributed by atoms with van der Waals surface area (Å²) in [5.74, 6) is 0.351. The van der Waals surface area contributed by atoms with E-state index < -0.39 is 0 Å². The lowest BCUT2D eigenvalue weighted by atomic mass is 9.62. The molecule has 0 amide bonds. The number of rotatable bonds is 3. The average Bonchev–Trinajstić information content (AvgIpc) is 2.79. The van der Waals surface area contributed by atoms with Crippen LogP contribution in [0.25, 0.3) is 0 Å². The van der Waals surface area contributed by atoms with E-state index in [0.717, 1.165) is 6.42 Å². The summed E-state index contributed by atoms with van der Waals surface area (Å²) >= 11 is 0. The van der Waals surface area contributed by atoms with Crippen molar-refractivity contribution in [1.82, 2.24) is 0 Å². The van der Waals surface area contributed by atoms with Gasteiger partial charge in [-0.05, 0) is 43.2 Å². The van der Waals surface area contributed by atoms with Gasteiger partial charge in [0.15, 0.2) is 11.5 Å². The first-order valence-corrected chi connectivity index (χ1v) is 7.99. The number of carbonyl (C=O) groups excluding carboxylic acids is 2. The van der Waals surface area contributed by atoms with Gasteiger partial charge in [0.1, 0.15) is 11.6 Å². The third-order valence-corrected chi connectivity index (χ3v) is 5.75. The van der Waals surface area contributed by atoms with Gasteiger partial charge in [0.05, 0.1) is 0 Å². The summed E-state index contributed by atoms with van der Waals surface area (Å²) in [4.78, 5) is 24.5. The van der Waals surface area contributed by atoms with E-state index in [2.05, 4.69) is 0 Å². The second-order valence-corrected chi connectivity index (χ2v) is 6.88. The molecule has 0 heterocycles. The van der Waals surface area contributed by atoms with Gasteiger partial charge in [-0.2, -0.15) is 0 Å². The van der Waals surface area contributed by atoms with Crippen LogP contribution in [0, 0.1) is 17.3 Å². The van der Waals surface area contributed by atoms with Gasteiger partial charge < -0.3 is 10.2 Å². The number of ketones is 2. The summed E-state index contributed by atoms with van der Waals surface area (Å²) in [6.45, 7) is 2.01. The van der Waals surface area contributed by atoms with Crippen LogP contribution >= 0.6 is 0 Å². The minimum absolute atomic E-state index is 0.101. The predicted molar refractivity (Wildman–Crippen MR) is 81.7 cm³/mol. The van der Waals surface area contributed by atoms with Gasteiger partial charge in [-0.1, -0.05) is 19.1 Å². The fourth-order valence-electron chi connectivity index (χ4n) is 4.31. The Kier molecular flexibility index (Phi) is 3.71. The Hall–Kier alpha value is -1.84. The Morgan fingerprint density at radius 1 is 1.23 bits per heavy atom. The van der Waals surface area contributed by atoms with E-state index in [4.69, 9.17) is 0 Å². The highest BCUT2D eigenvalue weighted by Crippen LogP contribution is 2.52. The zero-order chi connectivity index (χ0) is 15.9. The van der Waals surface area contributed by atoms with Crippen LogP contribution in [0.3, 0.4) is 0 Å². The first kappa shape index (κ1) is 15.1. The maximum absolute atomic E-state index is 12.3. The van der Waals surface area contributed by atoms with Gasteiger partial charge in [0.2, 0.25) is 0 Å². The molecular weight excluding hydrogens is 280 g/mol. The fraction of sp³-hybridized carbons (Fsp3) is 0.556. The van der Waals surface area contributed by atoms with Crippen molar-refractivity contribution in [3.63, 3.8) is 0 Å². The first-order chi connectivity index (χ1) is 10.4. The molecule has 0 aliphatic heterocycles. The molecule has 2 aliphatic rings. The van der Waals surface area contributed by atoms with Crippen molar-refractivity contribution in [2.45, 2.75) is 45.4 Å². The van der Waals surface area contributed by atoms with E-state index >= 15 is 0 Å². The molecule has 4 heteroatoms. The molecule has 3 atom stereocenters. The number of phenolic OH excluding ortho intramolecular Hbond substituents is 2. The second kappa shape index (κ2) is 5.41. The monoisotopic (exact) mass is 302 g/mol. The topological polar surface area (TPSA) is 74.6 Å². The summed E-state index contributed by atoms with van der Waals surface area (Å²) in [5.41, 5.74) is 0.323. The molecule has 0 saturated heterocycles. The molecular formula is C18H22O4. The van der Waals surface area contributed by atoms with Crippen LogP contribution in [-0.4, -0.2) is 21.8 Å². The Morgan fingerprint density at radius 2 is 2.00 bits per heavy atom. The molecule has 0 aromatic heterocycles. The SMILES string of the molecule is CC12CCC(=O)C(CCc3cccc(O)c3O)C1CCC2=O. The van der Waals surface area contributed by atoms with Crippen LogP contribution in [0.5, 0.6) is 11.5 Å². The van der Waals surface area contributed by atoms with Crippen molar-refractivity contribution in [1.29, 1.82) is 0 Å². The average molecular weight is 302 g/mol. The fourth-order valence-corrected chi connectivity index (χ4v) is 4.31. The number of phenols is 2. The molecule has 2 fully saturated rings. The molecule has 0 bridgehead atoms. The molecule has 1 aromatic rings. The van der Waals surface area contributed by atoms with Crippen molar-refractivity contribution in [3.8, 4) is 11.5 Å². The van der Waals surface area contributed by atoms with Crippen molar-refractivity contribution in [2.24, 2.45) is 17.3 Å². The van der Waals surface area contributed by atoms with Crippen LogP contribution in [-0.2, 0) is 16.0 Å². The number of benzene rings is 1. The van der Waals surface area contributed by atoms with E-state index in [1.54, 1.807) is 12.1 Å². The number of hydrogen-bond donors (Lipinski definition) is 2. The molecule has 1 aromatic carbocycles. The number of aromatic hydroxyl groups is 2. The van der Waals surface area contributed by atoms with Crippen molar-refractivity contribution < 1.29 is 19.8 Å². The standard InChI is InChI=1S/C18H22O4/c1-18-10-9-14(19)12(13(18)7-8-16(18)21)6-5-11-3-2-4-15(20)17(11)22/h2-4,12-13,20,22H,5-10H2,1H3. The largest absolute Gasteiger partial charge is 0.504 e. The number of Topliss-reactive ketones (excluding diaryl/α,β-unsaturated/α-hetero) is 2. The summed E-state index contributed by atoms with van der Waals surface area (Å²) in [6, 6.07) is 4.90. The molecule has 2 aliphatic carbocycles. The van der Waals surface area contributed by atoms with Gasteiger partial charge in [-0.25, -0.2) is 0 Å². The molecule has 118 valence electrons. The van der Waals surface area contributed by atoms with E-state index in [-0.39, 0.29) is 34.5 Å². The quantitative estimate of drug-likeness (QED) is 0.842. The van der Waals surface area contributed by atoms with E-state index in [9.17, 15) is 19.8 Å². The van der Waals surface area contributed by atoms with Crippen LogP contribution in [0.4, 0.5) is 0 Å². The molecule has 0 spiro atoms. The Morgan fingerprint density at radius 3 is 2.77 bits per heavy atom. The number of hydrogen-bond acceptors (Lipinski definition) is 4. The van der Waals surface area contributed by atoms with Crippen molar-refractivity contribution in [2.75, 3.05) is 0 Å². The Labute approximate surface area is 130 Å². The summed E-state index contributed by atoms with van der Waals surface area (Å²) in [5, 5.41) is 19.4. The molecule has 2 saturated carbocycles. The summed E-state index contributed by atoms with van der Waals surface area (Å²) < 4.78 is 0. The predicted octanol–water partition coefficient (Wildman–Crippen LogP) is 2.99. The van der Waals surface area contributed by atoms with E-state index in [0.29, 0.717) is 43.5 Å². The second-order valence-electron chi connectivity index (χ2n) is 6.88. The lowest BCUT2D eigenvalue weighted by Crippen LogP contribution is -2.42. The number of carbonyl (C=O) groups is 2. The molecule has 22 heavy (non-hydrogen) atoms. The first-order valence-electron chi connectivity index (χ1n) is 7.99. The number of fused-ring (bicyclic) bond motifs is 1. The third kappa shape index (κ3) is 2.31. The lowest BCUT2D eigenvalue weighted by Gasteiger charge is -2.39. The highest BCUT2D eigenvalue weighted by atomic mass is 16.3. The Bertz CT molecular complexity index is 622. The van der Waals surface area contributed by atoms with Crippen LogP contribution < -0.4 is 0 Å². The normalized spacial score (nSPS) is 31.3. The summed E-state index contributed by atoms with van der Waals surface area (Å²) in [7, 11) is 0. The van der Waals surface area contributed by atoms with Gasteiger partial charge in [0, 0.05) is 24.2 Å². The smallest absolute Gasteiger partial charge is 0.160 e. The minimum atomic E-state index is -0.334. The van der Waals surface area contributed by atoms with Crippen LogP contribution in [0.2, 0.25) is 0 Å². The third-order valence-electron chi connectivity index (χ3n) is 5.75. The number of aryl methyl sites for hydroxylation is 1. The molecule has 3 unspecified atom stereocenters.